The molecule has 1 aromatic carbocycles. The van der Waals surface area contributed by atoms with Crippen molar-refractivity contribution in [3.05, 3.63) is 34.6 Å². The van der Waals surface area contributed by atoms with Gasteiger partial charge >= 0.3 is 0 Å². The summed E-state index contributed by atoms with van der Waals surface area (Å²) in [6.45, 7) is 10.5. The third-order valence-corrected chi connectivity index (χ3v) is 3.76. The minimum Gasteiger partial charge on any atom is -0.314 e. The number of hydrogen-bond donors (Lipinski definition) is 1. The van der Waals surface area contributed by atoms with Crippen molar-refractivity contribution in [3.8, 4) is 0 Å². The number of benzene rings is 1. The molecule has 1 aromatic rings. The number of piperazine rings is 1. The van der Waals surface area contributed by atoms with E-state index in [-0.39, 0.29) is 42.1 Å². The topological polar surface area (TPSA) is 15.3 Å². The fourth-order valence-electron chi connectivity index (χ4n) is 2.93. The van der Waals surface area contributed by atoms with Crippen LogP contribution in [0.15, 0.2) is 18.2 Å². The molecule has 0 amide bonds. The second kappa shape index (κ2) is 8.54. The molecule has 1 fully saturated rings. The van der Waals surface area contributed by atoms with Crippen LogP contribution in [0.2, 0.25) is 5.02 Å². The van der Waals surface area contributed by atoms with E-state index in [4.69, 9.17) is 11.6 Å². The maximum atomic E-state index is 13.6. The summed E-state index contributed by atoms with van der Waals surface area (Å²) in [6, 6.07) is 5.05. The van der Waals surface area contributed by atoms with Crippen LogP contribution in [-0.2, 0) is 0 Å². The highest BCUT2D eigenvalue weighted by atomic mass is 35.5. The van der Waals surface area contributed by atoms with Gasteiger partial charge in [-0.2, -0.15) is 0 Å². The summed E-state index contributed by atoms with van der Waals surface area (Å²) in [5.74, 6) is -0.258. The second-order valence-electron chi connectivity index (χ2n) is 6.26. The Morgan fingerprint density at radius 1 is 1.14 bits per heavy atom. The first-order valence-electron chi connectivity index (χ1n) is 6.79. The van der Waals surface area contributed by atoms with Gasteiger partial charge in [0.15, 0.2) is 0 Å². The van der Waals surface area contributed by atoms with Gasteiger partial charge in [0.05, 0.1) is 0 Å². The van der Waals surface area contributed by atoms with Crippen molar-refractivity contribution in [2.24, 2.45) is 5.41 Å². The van der Waals surface area contributed by atoms with Crippen molar-refractivity contribution in [3.63, 3.8) is 0 Å². The lowest BCUT2D eigenvalue weighted by atomic mass is 9.81. The highest BCUT2D eigenvalue weighted by Crippen LogP contribution is 2.39. The van der Waals surface area contributed by atoms with Crippen molar-refractivity contribution < 1.29 is 4.39 Å². The van der Waals surface area contributed by atoms with Crippen molar-refractivity contribution in [2.75, 3.05) is 26.2 Å². The van der Waals surface area contributed by atoms with E-state index in [1.165, 1.54) is 6.07 Å². The monoisotopic (exact) mass is 356 g/mol. The normalized spacial score (nSPS) is 17.6. The number of nitrogens with one attached hydrogen (secondary N) is 1. The van der Waals surface area contributed by atoms with Crippen LogP contribution >= 0.6 is 36.4 Å². The molecule has 1 aliphatic heterocycles. The summed E-state index contributed by atoms with van der Waals surface area (Å²) in [6.07, 6.45) is 0. The minimum atomic E-state index is -0.258. The zero-order chi connectivity index (χ0) is 14.0. The molecule has 1 saturated heterocycles. The van der Waals surface area contributed by atoms with E-state index in [1.54, 1.807) is 6.07 Å². The first kappa shape index (κ1) is 20.9. The molecule has 6 heteroatoms. The summed E-state index contributed by atoms with van der Waals surface area (Å²) in [4.78, 5) is 2.42. The van der Waals surface area contributed by atoms with E-state index in [0.29, 0.717) is 5.02 Å². The number of nitrogens with zero attached hydrogens (tertiary/aromatic N) is 1. The average molecular weight is 358 g/mol. The first-order chi connectivity index (χ1) is 8.88. The fraction of sp³-hybridized carbons (Fsp3) is 0.600. The first-order valence-corrected chi connectivity index (χ1v) is 7.16. The molecule has 2 nitrogen and oxygen atoms in total. The molecule has 0 aliphatic carbocycles. The number of rotatable bonds is 2. The lowest BCUT2D eigenvalue weighted by molar-refractivity contribution is 0.0860. The molecule has 1 heterocycles. The van der Waals surface area contributed by atoms with Gasteiger partial charge in [-0.1, -0.05) is 32.4 Å². The maximum absolute atomic E-state index is 13.6. The van der Waals surface area contributed by atoms with Crippen LogP contribution in [0.25, 0.3) is 0 Å². The maximum Gasteiger partial charge on any atom is 0.125 e. The van der Waals surface area contributed by atoms with E-state index in [2.05, 4.69) is 31.0 Å². The summed E-state index contributed by atoms with van der Waals surface area (Å²) in [5, 5.41) is 3.83. The molecule has 2 rings (SSSR count). The van der Waals surface area contributed by atoms with Gasteiger partial charge in [-0.05, 0) is 29.2 Å². The van der Waals surface area contributed by atoms with Crippen LogP contribution in [0, 0.1) is 11.2 Å². The van der Waals surface area contributed by atoms with Gasteiger partial charge in [0, 0.05) is 37.2 Å². The Morgan fingerprint density at radius 3 is 2.19 bits per heavy atom. The van der Waals surface area contributed by atoms with E-state index in [9.17, 15) is 4.39 Å². The van der Waals surface area contributed by atoms with E-state index >= 15 is 0 Å². The quantitative estimate of drug-likeness (QED) is 0.848. The van der Waals surface area contributed by atoms with Crippen LogP contribution in [0.5, 0.6) is 0 Å². The zero-order valence-corrected chi connectivity index (χ0v) is 15.0. The van der Waals surface area contributed by atoms with Crippen LogP contribution in [0.3, 0.4) is 0 Å². The summed E-state index contributed by atoms with van der Waals surface area (Å²) >= 11 is 6.01. The standard InChI is InChI=1S/C15H22ClFN2.2ClH/c1-15(2,3)14(19-6-4-18-5-7-19)11-8-12(16)10-13(17)9-11;;/h8-10,14,18H,4-7H2,1-3H3;2*1H/t14-;;/m0../s1. The molecule has 1 atom stereocenters. The zero-order valence-electron chi connectivity index (χ0n) is 12.7. The van der Waals surface area contributed by atoms with E-state index < -0.39 is 0 Å². The minimum absolute atomic E-state index is 0. The van der Waals surface area contributed by atoms with Crippen LogP contribution in [0.1, 0.15) is 32.4 Å². The predicted molar refractivity (Wildman–Crippen MR) is 92.5 cm³/mol. The summed E-state index contributed by atoms with van der Waals surface area (Å²) in [7, 11) is 0. The van der Waals surface area contributed by atoms with Crippen molar-refractivity contribution >= 4 is 36.4 Å². The van der Waals surface area contributed by atoms with Crippen molar-refractivity contribution in [1.29, 1.82) is 0 Å². The largest absolute Gasteiger partial charge is 0.314 e. The molecule has 0 unspecified atom stereocenters. The average Bonchev–Trinajstić information content (AvgIpc) is 2.27. The molecule has 0 aromatic heterocycles. The Bertz CT molecular complexity index is 423. The molecule has 0 spiro atoms. The van der Waals surface area contributed by atoms with Crippen LogP contribution in [0.4, 0.5) is 4.39 Å². The number of halogens is 4. The third-order valence-electron chi connectivity index (χ3n) is 3.54. The van der Waals surface area contributed by atoms with Crippen molar-refractivity contribution in [2.45, 2.75) is 26.8 Å². The molecule has 0 bridgehead atoms. The Labute approximate surface area is 144 Å². The molecule has 21 heavy (non-hydrogen) atoms. The van der Waals surface area contributed by atoms with Gasteiger partial charge in [-0.25, -0.2) is 4.39 Å². The Balaban J connectivity index is 0.00000200. The van der Waals surface area contributed by atoms with Gasteiger partial charge in [-0.3, -0.25) is 4.90 Å². The van der Waals surface area contributed by atoms with Crippen LogP contribution < -0.4 is 5.32 Å². The number of hydrogen-bond acceptors (Lipinski definition) is 2. The predicted octanol–water partition coefficient (Wildman–Crippen LogP) is 4.32. The Hall–Kier alpha value is -0.0600. The molecule has 122 valence electrons. The van der Waals surface area contributed by atoms with Crippen LogP contribution in [-0.4, -0.2) is 31.1 Å². The molecule has 0 radical (unpaired) electrons. The summed E-state index contributed by atoms with van der Waals surface area (Å²) in [5.41, 5.74) is 1.01. The highest BCUT2D eigenvalue weighted by molar-refractivity contribution is 6.30. The van der Waals surface area contributed by atoms with Gasteiger partial charge in [0.25, 0.3) is 0 Å². The Morgan fingerprint density at radius 2 is 1.71 bits per heavy atom. The van der Waals surface area contributed by atoms with E-state index in [1.807, 2.05) is 6.07 Å². The highest BCUT2D eigenvalue weighted by Gasteiger charge is 2.32. The third kappa shape index (κ3) is 5.57. The smallest absolute Gasteiger partial charge is 0.125 e. The summed E-state index contributed by atoms with van der Waals surface area (Å²) < 4.78 is 13.6. The van der Waals surface area contributed by atoms with Gasteiger partial charge in [-0.15, -0.1) is 24.8 Å². The molecule has 1 N–H and O–H groups in total. The lowest BCUT2D eigenvalue weighted by Crippen LogP contribution is -2.48. The van der Waals surface area contributed by atoms with Crippen molar-refractivity contribution in [1.82, 2.24) is 10.2 Å². The molecule has 1 aliphatic rings. The lowest BCUT2D eigenvalue weighted by Gasteiger charge is -2.42. The molecule has 0 saturated carbocycles. The van der Waals surface area contributed by atoms with Gasteiger partial charge in [0.2, 0.25) is 0 Å². The SMILES string of the molecule is CC(C)(C)[C@H](c1cc(F)cc(Cl)c1)N1CCNCC1.Cl.Cl. The Kier molecular flexibility index (Phi) is 8.52. The van der Waals surface area contributed by atoms with Gasteiger partial charge < -0.3 is 5.32 Å². The second-order valence-corrected chi connectivity index (χ2v) is 6.69. The molecular formula is C15H24Cl3FN2. The van der Waals surface area contributed by atoms with Gasteiger partial charge in [0.1, 0.15) is 5.82 Å². The molecular weight excluding hydrogens is 334 g/mol. The van der Waals surface area contributed by atoms with E-state index in [0.717, 1.165) is 31.7 Å². The fourth-order valence-corrected chi connectivity index (χ4v) is 3.16.